The average molecular weight is 484 g/mol. The first kappa shape index (κ1) is 24.6. The highest BCUT2D eigenvalue weighted by atomic mass is 32.2. The largest absolute Gasteiger partial charge is 0.497 e. The van der Waals surface area contributed by atoms with Crippen molar-refractivity contribution in [3.05, 3.63) is 77.9 Å². The van der Waals surface area contributed by atoms with E-state index >= 15 is 0 Å². The molecule has 9 nitrogen and oxygen atoms in total. The zero-order chi connectivity index (χ0) is 24.7. The molecule has 0 bridgehead atoms. The van der Waals surface area contributed by atoms with E-state index in [2.05, 4.69) is 15.2 Å². The monoisotopic (exact) mass is 483 g/mol. The number of hydrogen-bond acceptors (Lipinski definition) is 7. The quantitative estimate of drug-likeness (QED) is 0.355. The van der Waals surface area contributed by atoms with Crippen LogP contribution < -0.4 is 24.4 Å². The van der Waals surface area contributed by atoms with Crippen LogP contribution in [0.25, 0.3) is 0 Å². The fourth-order valence-corrected chi connectivity index (χ4v) is 4.11. The van der Waals surface area contributed by atoms with Crippen LogP contribution in [0.5, 0.6) is 17.2 Å². The highest BCUT2D eigenvalue weighted by molar-refractivity contribution is 7.92. The summed E-state index contributed by atoms with van der Waals surface area (Å²) in [6.45, 7) is 1.72. The number of sulfonamides is 1. The van der Waals surface area contributed by atoms with E-state index in [1.807, 2.05) is 0 Å². The molecule has 0 radical (unpaired) electrons. The van der Waals surface area contributed by atoms with E-state index in [9.17, 15) is 13.2 Å². The van der Waals surface area contributed by atoms with Gasteiger partial charge in [-0.2, -0.15) is 5.10 Å². The number of amides is 1. The molecule has 1 amide bonds. The SMILES string of the molecule is COc1ccc(NS(=O)(=O)c2cccc(C(=O)N/N=C(\C)c3ccc(OC)c(OC)c3)c2)cc1. The van der Waals surface area contributed by atoms with Gasteiger partial charge >= 0.3 is 0 Å². The number of methoxy groups -OCH3 is 3. The molecule has 0 unspecified atom stereocenters. The third-order valence-corrected chi connectivity index (χ3v) is 6.25. The van der Waals surface area contributed by atoms with Crippen molar-refractivity contribution in [1.82, 2.24) is 5.43 Å². The topological polar surface area (TPSA) is 115 Å². The number of benzene rings is 3. The lowest BCUT2D eigenvalue weighted by Crippen LogP contribution is -2.20. The maximum absolute atomic E-state index is 12.8. The summed E-state index contributed by atoms with van der Waals surface area (Å²) in [6, 6.07) is 17.4. The standard InChI is InChI=1S/C24H25N3O6S/c1-16(17-8-13-22(32-3)23(15-17)33-4)25-26-24(28)18-6-5-7-21(14-18)34(29,30)27-19-9-11-20(31-2)12-10-19/h5-15,27H,1-4H3,(H,26,28)/b25-16+. The Hall–Kier alpha value is -4.05. The summed E-state index contributed by atoms with van der Waals surface area (Å²) < 4.78 is 43.6. The number of hydrogen-bond donors (Lipinski definition) is 2. The minimum Gasteiger partial charge on any atom is -0.497 e. The summed E-state index contributed by atoms with van der Waals surface area (Å²) in [6.07, 6.45) is 0. The second-order valence-corrected chi connectivity index (χ2v) is 8.75. The average Bonchev–Trinajstić information content (AvgIpc) is 2.86. The minimum atomic E-state index is -3.91. The highest BCUT2D eigenvalue weighted by Crippen LogP contribution is 2.27. The van der Waals surface area contributed by atoms with Crippen molar-refractivity contribution in [1.29, 1.82) is 0 Å². The van der Waals surface area contributed by atoms with Crippen LogP contribution in [0.3, 0.4) is 0 Å². The van der Waals surface area contributed by atoms with Gasteiger partial charge in [0.2, 0.25) is 0 Å². The van der Waals surface area contributed by atoms with Crippen LogP contribution in [-0.4, -0.2) is 41.4 Å². The molecular weight excluding hydrogens is 458 g/mol. The van der Waals surface area contributed by atoms with E-state index in [0.29, 0.717) is 28.6 Å². The smallest absolute Gasteiger partial charge is 0.271 e. The lowest BCUT2D eigenvalue weighted by molar-refractivity contribution is 0.0954. The number of carbonyl (C=O) groups is 1. The van der Waals surface area contributed by atoms with E-state index in [1.54, 1.807) is 56.5 Å². The fourth-order valence-electron chi connectivity index (χ4n) is 3.00. The predicted octanol–water partition coefficient (Wildman–Crippen LogP) is 3.67. The highest BCUT2D eigenvalue weighted by Gasteiger charge is 2.17. The van der Waals surface area contributed by atoms with Crippen LogP contribution in [0.15, 0.2) is 76.7 Å². The summed E-state index contributed by atoms with van der Waals surface area (Å²) in [5, 5.41) is 4.12. The van der Waals surface area contributed by atoms with Gasteiger partial charge in [-0.1, -0.05) is 6.07 Å². The molecule has 0 aliphatic rings. The fraction of sp³-hybridized carbons (Fsp3) is 0.167. The Kier molecular flexibility index (Phi) is 7.75. The van der Waals surface area contributed by atoms with Crippen LogP contribution in [0.2, 0.25) is 0 Å². The molecule has 0 atom stereocenters. The number of nitrogens with one attached hydrogen (secondary N) is 2. The molecule has 10 heteroatoms. The van der Waals surface area contributed by atoms with Crippen molar-refractivity contribution in [2.45, 2.75) is 11.8 Å². The Morgan fingerprint density at radius 2 is 1.53 bits per heavy atom. The van der Waals surface area contributed by atoms with Crippen LogP contribution in [0.1, 0.15) is 22.8 Å². The van der Waals surface area contributed by atoms with Crippen LogP contribution in [0, 0.1) is 0 Å². The zero-order valence-corrected chi connectivity index (χ0v) is 20.0. The lowest BCUT2D eigenvalue weighted by atomic mass is 10.1. The number of anilines is 1. The Balaban J connectivity index is 1.75. The molecule has 0 saturated heterocycles. The van der Waals surface area contributed by atoms with Crippen molar-refractivity contribution >= 4 is 27.3 Å². The number of rotatable bonds is 9. The third kappa shape index (κ3) is 5.84. The Labute approximate surface area is 198 Å². The second kappa shape index (κ2) is 10.7. The van der Waals surface area contributed by atoms with Crippen molar-refractivity contribution in [2.24, 2.45) is 5.10 Å². The molecule has 178 valence electrons. The Morgan fingerprint density at radius 1 is 0.824 bits per heavy atom. The van der Waals surface area contributed by atoms with Crippen molar-refractivity contribution in [2.75, 3.05) is 26.1 Å². The van der Waals surface area contributed by atoms with Gasteiger partial charge in [0.05, 0.1) is 31.9 Å². The summed E-state index contributed by atoms with van der Waals surface area (Å²) in [7, 11) is 0.682. The van der Waals surface area contributed by atoms with Crippen LogP contribution in [-0.2, 0) is 10.0 Å². The summed E-state index contributed by atoms with van der Waals surface area (Å²) in [5.41, 5.74) is 4.21. The van der Waals surface area contributed by atoms with Gasteiger partial charge in [-0.15, -0.1) is 0 Å². The molecule has 2 N–H and O–H groups in total. The van der Waals surface area contributed by atoms with Gasteiger partial charge in [0, 0.05) is 16.8 Å². The minimum absolute atomic E-state index is 0.0587. The van der Waals surface area contributed by atoms with Gasteiger partial charge in [-0.25, -0.2) is 13.8 Å². The molecule has 3 rings (SSSR count). The van der Waals surface area contributed by atoms with Crippen molar-refractivity contribution in [3.8, 4) is 17.2 Å². The Morgan fingerprint density at radius 3 is 2.18 bits per heavy atom. The maximum Gasteiger partial charge on any atom is 0.271 e. The van der Waals surface area contributed by atoms with Gasteiger partial charge < -0.3 is 14.2 Å². The maximum atomic E-state index is 12.8. The second-order valence-electron chi connectivity index (χ2n) is 7.07. The van der Waals surface area contributed by atoms with E-state index in [4.69, 9.17) is 14.2 Å². The molecule has 0 fully saturated rings. The van der Waals surface area contributed by atoms with Gasteiger partial charge in [-0.05, 0) is 67.6 Å². The first-order valence-corrected chi connectivity index (χ1v) is 11.6. The van der Waals surface area contributed by atoms with E-state index < -0.39 is 15.9 Å². The molecule has 0 aromatic heterocycles. The zero-order valence-electron chi connectivity index (χ0n) is 19.2. The molecule has 3 aromatic rings. The van der Waals surface area contributed by atoms with Crippen LogP contribution >= 0.6 is 0 Å². The molecule has 0 spiro atoms. The first-order valence-electron chi connectivity index (χ1n) is 10.1. The molecule has 0 aliphatic heterocycles. The van der Waals surface area contributed by atoms with Gasteiger partial charge in [-0.3, -0.25) is 9.52 Å². The summed E-state index contributed by atoms with van der Waals surface area (Å²) in [5.74, 6) is 1.15. The van der Waals surface area contributed by atoms with Gasteiger partial charge in [0.1, 0.15) is 5.75 Å². The van der Waals surface area contributed by atoms with E-state index in [1.165, 1.54) is 38.5 Å². The van der Waals surface area contributed by atoms with Gasteiger partial charge in [0.25, 0.3) is 15.9 Å². The van der Waals surface area contributed by atoms with Crippen molar-refractivity contribution < 1.29 is 27.4 Å². The van der Waals surface area contributed by atoms with Crippen molar-refractivity contribution in [3.63, 3.8) is 0 Å². The normalized spacial score (nSPS) is 11.5. The summed E-state index contributed by atoms with van der Waals surface area (Å²) in [4.78, 5) is 12.6. The van der Waals surface area contributed by atoms with E-state index in [-0.39, 0.29) is 10.5 Å². The number of nitrogens with zero attached hydrogens (tertiary/aromatic N) is 1. The number of carbonyl (C=O) groups excluding carboxylic acids is 1. The molecule has 0 aliphatic carbocycles. The predicted molar refractivity (Wildman–Crippen MR) is 129 cm³/mol. The molecule has 0 heterocycles. The Bertz CT molecular complexity index is 1300. The van der Waals surface area contributed by atoms with E-state index in [0.717, 1.165) is 5.56 Å². The number of ether oxygens (including phenoxy) is 3. The first-order chi connectivity index (χ1) is 16.3. The molecule has 34 heavy (non-hydrogen) atoms. The third-order valence-electron chi connectivity index (χ3n) is 4.88. The molecule has 3 aromatic carbocycles. The molecule has 0 saturated carbocycles. The summed E-state index contributed by atoms with van der Waals surface area (Å²) >= 11 is 0. The number of hydrazone groups is 1. The lowest BCUT2D eigenvalue weighted by Gasteiger charge is -2.10. The van der Waals surface area contributed by atoms with Gasteiger partial charge in [0.15, 0.2) is 11.5 Å². The molecular formula is C24H25N3O6S. The van der Waals surface area contributed by atoms with Crippen LogP contribution in [0.4, 0.5) is 5.69 Å².